The van der Waals surface area contributed by atoms with Crippen LogP contribution in [0.5, 0.6) is 0 Å². The maximum Gasteiger partial charge on any atom is 0.330 e. The molecule has 4 heterocycles. The third-order valence-corrected chi connectivity index (χ3v) is 7.15. The van der Waals surface area contributed by atoms with Gasteiger partial charge in [0, 0.05) is 19.1 Å². The highest BCUT2D eigenvalue weighted by atomic mass is 16.6. The zero-order valence-corrected chi connectivity index (χ0v) is 20.5. The summed E-state index contributed by atoms with van der Waals surface area (Å²) in [4.78, 5) is 12.6. The Kier molecular flexibility index (Phi) is 9.75. The van der Waals surface area contributed by atoms with Crippen LogP contribution in [0.1, 0.15) is 64.2 Å². The van der Waals surface area contributed by atoms with Crippen LogP contribution >= 0.6 is 0 Å². The Balaban J connectivity index is 1.42. The number of hydrogen-bond donors (Lipinski definition) is 2. The fourth-order valence-electron chi connectivity index (χ4n) is 5.08. The molecule has 0 aromatic rings. The summed E-state index contributed by atoms with van der Waals surface area (Å²) in [6.45, 7) is 4.86. The Morgan fingerprint density at radius 2 is 2.00 bits per heavy atom. The number of cyclic esters (lactones) is 1. The minimum Gasteiger partial charge on any atom is -0.456 e. The summed E-state index contributed by atoms with van der Waals surface area (Å²) in [5.41, 5.74) is 0.997. The van der Waals surface area contributed by atoms with Gasteiger partial charge >= 0.3 is 5.97 Å². The normalized spacial score (nSPS) is 38.3. The minimum atomic E-state index is -0.995. The van der Waals surface area contributed by atoms with Gasteiger partial charge in [0.05, 0.1) is 30.5 Å². The van der Waals surface area contributed by atoms with Gasteiger partial charge < -0.3 is 29.2 Å². The van der Waals surface area contributed by atoms with Crippen molar-refractivity contribution in [2.75, 3.05) is 6.61 Å². The molecule has 2 unspecified atom stereocenters. The van der Waals surface area contributed by atoms with Crippen LogP contribution in [0.2, 0.25) is 0 Å². The minimum absolute atomic E-state index is 0.0293. The SMILES string of the molecule is C=C1CCC[C@@H]2CC=C[C@@H](CC=CC(=O)OC([C@@H](O)C=CC3CCCCO3)C[C@@H]3O[C@H]3[C@@H](O)C1)O2. The maximum absolute atomic E-state index is 12.6. The highest BCUT2D eigenvalue weighted by Crippen LogP contribution is 2.34. The van der Waals surface area contributed by atoms with E-state index in [4.69, 9.17) is 18.9 Å². The smallest absolute Gasteiger partial charge is 0.330 e. The van der Waals surface area contributed by atoms with E-state index in [1.807, 2.05) is 12.2 Å². The fraction of sp³-hybridized carbons (Fsp3) is 0.679. The molecule has 35 heavy (non-hydrogen) atoms. The molecule has 0 saturated carbocycles. The van der Waals surface area contributed by atoms with Gasteiger partial charge in [0.2, 0.25) is 0 Å². The van der Waals surface area contributed by atoms with Crippen LogP contribution in [0, 0.1) is 0 Å². The number of carbonyl (C=O) groups excluding carboxylic acids is 1. The first-order valence-corrected chi connectivity index (χ1v) is 13.2. The van der Waals surface area contributed by atoms with Gasteiger partial charge in [-0.05, 0) is 57.8 Å². The van der Waals surface area contributed by atoms with Crippen LogP contribution in [0.3, 0.4) is 0 Å². The van der Waals surface area contributed by atoms with Crippen LogP contribution < -0.4 is 0 Å². The zero-order chi connectivity index (χ0) is 24.6. The first-order chi connectivity index (χ1) is 17.0. The van der Waals surface area contributed by atoms with Crippen LogP contribution in [0.25, 0.3) is 0 Å². The summed E-state index contributed by atoms with van der Waals surface area (Å²) >= 11 is 0. The van der Waals surface area contributed by atoms with Gasteiger partial charge in [0.1, 0.15) is 18.3 Å². The number of epoxide rings is 1. The van der Waals surface area contributed by atoms with E-state index < -0.39 is 24.3 Å². The number of esters is 1. The van der Waals surface area contributed by atoms with E-state index in [2.05, 4.69) is 12.7 Å². The molecule has 7 nitrogen and oxygen atoms in total. The van der Waals surface area contributed by atoms with Crippen LogP contribution in [-0.2, 0) is 23.7 Å². The van der Waals surface area contributed by atoms with Crippen molar-refractivity contribution in [2.24, 2.45) is 0 Å². The second-order valence-corrected chi connectivity index (χ2v) is 10.1. The average molecular weight is 489 g/mol. The van der Waals surface area contributed by atoms with Crippen molar-refractivity contribution in [2.45, 2.75) is 113 Å². The summed E-state index contributed by atoms with van der Waals surface area (Å²) < 4.78 is 23.2. The van der Waals surface area contributed by atoms with Crippen molar-refractivity contribution < 1.29 is 34.0 Å². The van der Waals surface area contributed by atoms with Crippen molar-refractivity contribution in [1.82, 2.24) is 0 Å². The Labute approximate surface area is 208 Å². The van der Waals surface area contributed by atoms with Gasteiger partial charge in [-0.25, -0.2) is 4.79 Å². The van der Waals surface area contributed by atoms with E-state index in [1.165, 1.54) is 6.08 Å². The molecule has 0 amide bonds. The van der Waals surface area contributed by atoms with E-state index in [-0.39, 0.29) is 30.5 Å². The van der Waals surface area contributed by atoms with Crippen molar-refractivity contribution in [3.05, 3.63) is 48.6 Å². The van der Waals surface area contributed by atoms with Gasteiger partial charge in [0.25, 0.3) is 0 Å². The van der Waals surface area contributed by atoms with Crippen molar-refractivity contribution in [3.8, 4) is 0 Å². The van der Waals surface area contributed by atoms with Crippen LogP contribution in [0.15, 0.2) is 48.6 Å². The largest absolute Gasteiger partial charge is 0.456 e. The van der Waals surface area contributed by atoms with Crippen molar-refractivity contribution in [1.29, 1.82) is 0 Å². The van der Waals surface area contributed by atoms with E-state index in [0.717, 1.165) is 57.1 Å². The molecule has 0 radical (unpaired) electrons. The molecule has 0 spiro atoms. The van der Waals surface area contributed by atoms with Gasteiger partial charge in [0.15, 0.2) is 0 Å². The number of fused-ring (bicyclic) bond motifs is 3. The number of carbonyl (C=O) groups is 1. The summed E-state index contributed by atoms with van der Waals surface area (Å²) in [6, 6.07) is 0. The lowest BCUT2D eigenvalue weighted by Crippen LogP contribution is -2.32. The second-order valence-electron chi connectivity index (χ2n) is 10.1. The van der Waals surface area contributed by atoms with E-state index >= 15 is 0 Å². The molecular weight excluding hydrogens is 448 g/mol. The summed E-state index contributed by atoms with van der Waals surface area (Å²) in [7, 11) is 0. The number of aliphatic hydroxyl groups is 2. The average Bonchev–Trinajstić information content (AvgIpc) is 3.62. The number of ether oxygens (including phenoxy) is 4. The van der Waals surface area contributed by atoms with Gasteiger partial charge in [-0.2, -0.15) is 0 Å². The molecule has 2 saturated heterocycles. The van der Waals surface area contributed by atoms with Crippen molar-refractivity contribution >= 4 is 5.97 Å². The molecule has 2 N–H and O–H groups in total. The molecule has 4 rings (SSSR count). The molecule has 8 atom stereocenters. The molecule has 0 aliphatic carbocycles. The maximum atomic E-state index is 12.6. The standard InChI is InChI=1S/C28H40O7/c1-19-7-4-9-21-10-5-11-22(33-21)12-6-13-27(31)34-25(18-26-28(35-26)24(30)17-19)23(29)15-14-20-8-2-3-16-32-20/h5-6,11,13-15,20-26,28-30H,1-4,7-10,12,16-18H2/t20?,21-,22+,23+,24+,25?,26+,28+/m1/s1. The summed E-state index contributed by atoms with van der Waals surface area (Å²) in [5, 5.41) is 21.5. The lowest BCUT2D eigenvalue weighted by Gasteiger charge is -2.25. The first kappa shape index (κ1) is 26.3. The molecule has 2 bridgehead atoms. The summed E-state index contributed by atoms with van der Waals surface area (Å²) in [5.74, 6) is -0.514. The lowest BCUT2D eigenvalue weighted by atomic mass is 9.97. The topological polar surface area (TPSA) is 97.8 Å². The van der Waals surface area contributed by atoms with Crippen molar-refractivity contribution in [3.63, 3.8) is 0 Å². The third-order valence-electron chi connectivity index (χ3n) is 7.15. The first-order valence-electron chi connectivity index (χ1n) is 13.2. The molecule has 4 aliphatic heterocycles. The van der Waals surface area contributed by atoms with E-state index in [0.29, 0.717) is 19.3 Å². The monoisotopic (exact) mass is 488 g/mol. The third kappa shape index (κ3) is 8.40. The van der Waals surface area contributed by atoms with Gasteiger partial charge in [-0.1, -0.05) is 42.5 Å². The number of aliphatic hydroxyl groups excluding tert-OH is 2. The van der Waals surface area contributed by atoms with Crippen LogP contribution in [-0.4, -0.2) is 71.6 Å². The Bertz CT molecular complexity index is 797. The highest BCUT2D eigenvalue weighted by molar-refractivity contribution is 5.82. The number of rotatable bonds is 3. The molecule has 4 aliphatic rings. The van der Waals surface area contributed by atoms with Gasteiger partial charge in [-0.3, -0.25) is 0 Å². The molecule has 2 fully saturated rings. The predicted octanol–water partition coefficient (Wildman–Crippen LogP) is 3.69. The fourth-order valence-corrected chi connectivity index (χ4v) is 5.08. The number of hydrogen-bond acceptors (Lipinski definition) is 7. The Morgan fingerprint density at radius 3 is 2.83 bits per heavy atom. The lowest BCUT2D eigenvalue weighted by molar-refractivity contribution is -0.148. The zero-order valence-electron chi connectivity index (χ0n) is 20.5. The molecule has 0 aromatic heterocycles. The van der Waals surface area contributed by atoms with Gasteiger partial charge in [-0.15, -0.1) is 0 Å². The quantitative estimate of drug-likeness (QED) is 0.355. The molecule has 7 heteroatoms. The second kappa shape index (κ2) is 13.0. The highest BCUT2D eigenvalue weighted by Gasteiger charge is 2.46. The Hall–Kier alpha value is -1.77. The predicted molar refractivity (Wildman–Crippen MR) is 132 cm³/mol. The van der Waals surface area contributed by atoms with E-state index in [9.17, 15) is 15.0 Å². The molecule has 0 aromatic carbocycles. The van der Waals surface area contributed by atoms with E-state index in [1.54, 1.807) is 12.2 Å². The molecular formula is C28H40O7. The Morgan fingerprint density at radius 1 is 1.11 bits per heavy atom. The summed E-state index contributed by atoms with van der Waals surface area (Å²) in [6.07, 6.45) is 15.9. The molecule has 194 valence electrons. The van der Waals surface area contributed by atoms with Crippen LogP contribution in [0.4, 0.5) is 0 Å².